The molecule has 0 spiro atoms. The van der Waals surface area contributed by atoms with E-state index in [0.29, 0.717) is 0 Å². The van der Waals surface area contributed by atoms with Gasteiger partial charge in [0.2, 0.25) is 0 Å². The maximum absolute atomic E-state index is 10.4. The molecule has 0 aliphatic carbocycles. The van der Waals surface area contributed by atoms with Gasteiger partial charge in [-0.2, -0.15) is 5.26 Å². The third kappa shape index (κ3) is 11.2. The number of ether oxygens (including phenoxy) is 1. The van der Waals surface area contributed by atoms with Crippen LogP contribution >= 0.6 is 0 Å². The first-order chi connectivity index (χ1) is 17.6. The summed E-state index contributed by atoms with van der Waals surface area (Å²) in [7, 11) is 3.90. The summed E-state index contributed by atoms with van der Waals surface area (Å²) >= 11 is 0. The van der Waals surface area contributed by atoms with E-state index in [1.165, 1.54) is 63.4 Å². The van der Waals surface area contributed by atoms with Crippen molar-refractivity contribution in [2.45, 2.75) is 102 Å². The number of likely N-dealkylation sites (N-methyl/N-ethyl adjacent to an activating group) is 1. The van der Waals surface area contributed by atoms with Crippen LogP contribution in [-0.4, -0.2) is 32.1 Å². The maximum atomic E-state index is 10.4. The molecule has 0 aliphatic heterocycles. The zero-order valence-corrected chi connectivity index (χ0v) is 23.3. The Labute approximate surface area is 221 Å². The number of methoxy groups -OCH3 is 1. The lowest BCUT2D eigenvalue weighted by Gasteiger charge is -2.29. The molecule has 36 heavy (non-hydrogen) atoms. The number of benzene rings is 2. The van der Waals surface area contributed by atoms with E-state index in [9.17, 15) is 5.26 Å². The van der Waals surface area contributed by atoms with Crippen molar-refractivity contribution in [3.8, 4) is 11.8 Å². The zero-order valence-electron chi connectivity index (χ0n) is 23.3. The number of nitrogens with zero attached hydrogens (tertiary/aromatic N) is 2. The van der Waals surface area contributed by atoms with E-state index >= 15 is 0 Å². The average Bonchev–Trinajstić information content (AvgIpc) is 2.92. The lowest BCUT2D eigenvalue weighted by atomic mass is 9.74. The van der Waals surface area contributed by atoms with Gasteiger partial charge in [0.1, 0.15) is 5.75 Å². The van der Waals surface area contributed by atoms with Crippen molar-refractivity contribution in [1.29, 1.82) is 5.26 Å². The summed E-state index contributed by atoms with van der Waals surface area (Å²) in [5, 5.41) is 10.4. The third-order valence-corrected chi connectivity index (χ3v) is 7.56. The Balaban J connectivity index is 1.85. The first-order valence-electron chi connectivity index (χ1n) is 14.4. The molecule has 3 nitrogen and oxygen atoms in total. The number of hydrogen-bond donors (Lipinski definition) is 0. The van der Waals surface area contributed by atoms with Crippen LogP contribution in [0.5, 0.6) is 5.75 Å². The molecule has 0 saturated carbocycles. The zero-order chi connectivity index (χ0) is 25.9. The Morgan fingerprint density at radius 3 is 2.06 bits per heavy atom. The average molecular weight is 491 g/mol. The SMILES string of the molecule is CCCCCCCCCCCCC(C#N)(CCCN(C)CCc1ccccc1)c1cccc(OC)c1. The molecule has 0 aliphatic rings. The number of nitriles is 1. The first-order valence-corrected chi connectivity index (χ1v) is 14.4. The van der Waals surface area contributed by atoms with Gasteiger partial charge in [-0.1, -0.05) is 114 Å². The van der Waals surface area contributed by atoms with Crippen LogP contribution in [-0.2, 0) is 11.8 Å². The topological polar surface area (TPSA) is 36.3 Å². The Morgan fingerprint density at radius 1 is 0.778 bits per heavy atom. The first kappa shape index (κ1) is 29.9. The molecule has 0 amide bonds. The van der Waals surface area contributed by atoms with Gasteiger partial charge in [-0.3, -0.25) is 0 Å². The fourth-order valence-corrected chi connectivity index (χ4v) is 5.15. The van der Waals surface area contributed by atoms with Gasteiger partial charge in [-0.25, -0.2) is 0 Å². The molecular weight excluding hydrogens is 440 g/mol. The van der Waals surface area contributed by atoms with Gasteiger partial charge in [-0.05, 0) is 62.5 Å². The Morgan fingerprint density at radius 2 is 1.42 bits per heavy atom. The molecule has 2 aromatic rings. The minimum Gasteiger partial charge on any atom is -0.497 e. The van der Waals surface area contributed by atoms with Crippen molar-refractivity contribution in [3.05, 3.63) is 65.7 Å². The van der Waals surface area contributed by atoms with Crippen LogP contribution in [0.25, 0.3) is 0 Å². The molecule has 0 N–H and O–H groups in total. The van der Waals surface area contributed by atoms with E-state index in [1.807, 2.05) is 12.1 Å². The summed E-state index contributed by atoms with van der Waals surface area (Å²) < 4.78 is 5.50. The van der Waals surface area contributed by atoms with Gasteiger partial charge < -0.3 is 9.64 Å². The molecule has 0 saturated heterocycles. The molecule has 2 rings (SSSR count). The lowest BCUT2D eigenvalue weighted by Crippen LogP contribution is -2.28. The maximum Gasteiger partial charge on any atom is 0.119 e. The van der Waals surface area contributed by atoms with Gasteiger partial charge in [0.25, 0.3) is 0 Å². The van der Waals surface area contributed by atoms with E-state index in [0.717, 1.165) is 56.5 Å². The van der Waals surface area contributed by atoms with Crippen molar-refractivity contribution < 1.29 is 4.74 Å². The molecule has 1 unspecified atom stereocenters. The summed E-state index contributed by atoms with van der Waals surface area (Å²) in [5.74, 6) is 0.843. The van der Waals surface area contributed by atoms with Crippen LogP contribution in [0.2, 0.25) is 0 Å². The number of rotatable bonds is 20. The highest BCUT2D eigenvalue weighted by Gasteiger charge is 2.32. The van der Waals surface area contributed by atoms with E-state index < -0.39 is 5.41 Å². The molecule has 1 atom stereocenters. The van der Waals surface area contributed by atoms with Crippen LogP contribution in [0.3, 0.4) is 0 Å². The summed E-state index contributed by atoms with van der Waals surface area (Å²) in [6, 6.07) is 21.7. The van der Waals surface area contributed by atoms with E-state index in [2.05, 4.69) is 67.4 Å². The molecule has 0 radical (unpaired) electrons. The van der Waals surface area contributed by atoms with Gasteiger partial charge in [0, 0.05) is 6.54 Å². The van der Waals surface area contributed by atoms with Gasteiger partial charge >= 0.3 is 0 Å². The minimum atomic E-state index is -0.436. The summed E-state index contributed by atoms with van der Waals surface area (Å²) in [6.45, 7) is 4.33. The van der Waals surface area contributed by atoms with Crippen LogP contribution in [0.4, 0.5) is 0 Å². The second-order valence-electron chi connectivity index (χ2n) is 10.5. The third-order valence-electron chi connectivity index (χ3n) is 7.56. The van der Waals surface area contributed by atoms with Crippen LogP contribution in [0.15, 0.2) is 54.6 Å². The van der Waals surface area contributed by atoms with Crippen molar-refractivity contribution >= 4 is 0 Å². The fourth-order valence-electron chi connectivity index (χ4n) is 5.15. The molecule has 2 aromatic carbocycles. The number of unbranched alkanes of at least 4 members (excludes halogenated alkanes) is 9. The fraction of sp³-hybridized carbons (Fsp3) is 0.606. The second kappa shape index (κ2) is 18.0. The van der Waals surface area contributed by atoms with Gasteiger partial charge in [-0.15, -0.1) is 0 Å². The van der Waals surface area contributed by atoms with Gasteiger partial charge in [0.05, 0.1) is 18.6 Å². The van der Waals surface area contributed by atoms with Crippen molar-refractivity contribution in [3.63, 3.8) is 0 Å². The summed E-state index contributed by atoms with van der Waals surface area (Å²) in [4.78, 5) is 2.40. The quantitative estimate of drug-likeness (QED) is 0.174. The molecule has 198 valence electrons. The highest BCUT2D eigenvalue weighted by molar-refractivity contribution is 5.38. The monoisotopic (exact) mass is 490 g/mol. The normalized spacial score (nSPS) is 12.9. The van der Waals surface area contributed by atoms with Crippen LogP contribution in [0, 0.1) is 11.3 Å². The molecule has 0 heterocycles. The molecule has 3 heteroatoms. The smallest absolute Gasteiger partial charge is 0.119 e. The largest absolute Gasteiger partial charge is 0.497 e. The number of hydrogen-bond acceptors (Lipinski definition) is 3. The van der Waals surface area contributed by atoms with E-state index in [-0.39, 0.29) is 0 Å². The highest BCUT2D eigenvalue weighted by atomic mass is 16.5. The van der Waals surface area contributed by atoms with Crippen molar-refractivity contribution in [1.82, 2.24) is 4.90 Å². The Kier molecular flexibility index (Phi) is 15.0. The van der Waals surface area contributed by atoms with Gasteiger partial charge in [0.15, 0.2) is 0 Å². The van der Waals surface area contributed by atoms with Crippen molar-refractivity contribution in [2.75, 3.05) is 27.2 Å². The Hall–Kier alpha value is -2.31. The molecule has 0 fully saturated rings. The summed E-state index contributed by atoms with van der Waals surface area (Å²) in [5.41, 5.74) is 2.06. The standard InChI is InChI=1S/C33H50N2O/c1-4-5-6-7-8-9-10-11-12-16-24-33(29-34,31-21-17-22-32(28-31)36-3)25-18-26-35(2)27-23-30-19-14-13-15-20-30/h13-15,17,19-22,28H,4-12,16,18,23-27H2,1-3H3. The Bertz CT molecular complexity index is 859. The highest BCUT2D eigenvalue weighted by Crippen LogP contribution is 2.36. The van der Waals surface area contributed by atoms with Crippen LogP contribution < -0.4 is 4.74 Å². The van der Waals surface area contributed by atoms with Crippen LogP contribution in [0.1, 0.15) is 102 Å². The molecular formula is C33H50N2O. The predicted octanol–water partition coefficient (Wildman–Crippen LogP) is 8.72. The van der Waals surface area contributed by atoms with E-state index in [1.54, 1.807) is 7.11 Å². The van der Waals surface area contributed by atoms with E-state index in [4.69, 9.17) is 4.74 Å². The molecule has 0 aromatic heterocycles. The predicted molar refractivity (Wildman–Crippen MR) is 154 cm³/mol. The minimum absolute atomic E-state index is 0.436. The summed E-state index contributed by atoms with van der Waals surface area (Å²) in [6.07, 6.45) is 17.1. The second-order valence-corrected chi connectivity index (χ2v) is 10.5. The van der Waals surface area contributed by atoms with Crippen molar-refractivity contribution in [2.24, 2.45) is 0 Å². The lowest BCUT2D eigenvalue weighted by molar-refractivity contribution is 0.310. The molecule has 0 bridgehead atoms.